The molecule has 5 nitrogen and oxygen atoms in total. The second-order valence-corrected chi connectivity index (χ2v) is 10.8. The van der Waals surface area contributed by atoms with E-state index in [0.717, 1.165) is 17.7 Å². The molecule has 1 atom stereocenters. The van der Waals surface area contributed by atoms with Crippen molar-refractivity contribution in [3.8, 4) is 0 Å². The van der Waals surface area contributed by atoms with Crippen molar-refractivity contribution >= 4 is 33.2 Å². The maximum Gasteiger partial charge on any atom is 0.244 e. The molecule has 0 radical (unpaired) electrons. The zero-order chi connectivity index (χ0) is 25.0. The van der Waals surface area contributed by atoms with Gasteiger partial charge in [-0.1, -0.05) is 65.7 Å². The largest absolute Gasteiger partial charge is 0.367 e. The van der Waals surface area contributed by atoms with Gasteiger partial charge in [-0.15, -0.1) is 0 Å². The lowest BCUT2D eigenvalue weighted by Gasteiger charge is -2.34. The summed E-state index contributed by atoms with van der Waals surface area (Å²) in [5.74, 6) is -1.84. The number of sulfonamides is 1. The van der Waals surface area contributed by atoms with Crippen LogP contribution in [0.4, 0.5) is 8.78 Å². The van der Waals surface area contributed by atoms with Gasteiger partial charge in [0, 0.05) is 32.7 Å². The van der Waals surface area contributed by atoms with Crippen LogP contribution < -0.4 is 0 Å². The summed E-state index contributed by atoms with van der Waals surface area (Å²) < 4.78 is 60.8. The van der Waals surface area contributed by atoms with E-state index in [2.05, 4.69) is 4.90 Å². The highest BCUT2D eigenvalue weighted by Crippen LogP contribution is 2.31. The first-order valence-electron chi connectivity index (χ1n) is 11.1. The van der Waals surface area contributed by atoms with Gasteiger partial charge < -0.3 is 4.74 Å². The molecule has 10 heteroatoms. The molecule has 1 aliphatic heterocycles. The lowest BCUT2D eigenvalue weighted by Crippen LogP contribution is -2.49. The van der Waals surface area contributed by atoms with Crippen LogP contribution in [0.25, 0.3) is 0 Å². The summed E-state index contributed by atoms with van der Waals surface area (Å²) in [6.07, 6.45) is -0.557. The molecule has 1 heterocycles. The highest BCUT2D eigenvalue weighted by Gasteiger charge is 2.30. The topological polar surface area (TPSA) is 49.9 Å². The van der Waals surface area contributed by atoms with Gasteiger partial charge >= 0.3 is 0 Å². The lowest BCUT2D eigenvalue weighted by molar-refractivity contribution is 0.0525. The second-order valence-electron chi connectivity index (χ2n) is 8.13. The molecule has 35 heavy (non-hydrogen) atoms. The van der Waals surface area contributed by atoms with Crippen LogP contribution in [-0.2, 0) is 14.8 Å². The maximum absolute atomic E-state index is 13.9. The summed E-state index contributed by atoms with van der Waals surface area (Å²) in [6.45, 7) is 2.51. The standard InChI is InChI=1S/C25H24Cl2F2N2O3S/c26-20-7-4-8-23(24(20)27)35(32,33)31-13-11-30(12-14-31)15-16-34-25(18-5-2-1-3-6-18)19-9-10-21(28)22(29)17-19/h1-10,17,25H,11-16H2/t25-/m0/s1. The van der Waals surface area contributed by atoms with Gasteiger partial charge in [0.05, 0.1) is 16.7 Å². The molecule has 0 aromatic heterocycles. The minimum absolute atomic E-state index is 0.000632. The van der Waals surface area contributed by atoms with Gasteiger partial charge in [0.1, 0.15) is 11.0 Å². The summed E-state index contributed by atoms with van der Waals surface area (Å²) >= 11 is 12.1. The Morgan fingerprint density at radius 1 is 0.857 bits per heavy atom. The number of hydrogen-bond donors (Lipinski definition) is 0. The van der Waals surface area contributed by atoms with Gasteiger partial charge in [-0.25, -0.2) is 17.2 Å². The highest BCUT2D eigenvalue weighted by molar-refractivity contribution is 7.89. The minimum atomic E-state index is -3.76. The third-order valence-electron chi connectivity index (χ3n) is 5.91. The molecule has 0 N–H and O–H groups in total. The fourth-order valence-electron chi connectivity index (χ4n) is 4.00. The Hall–Kier alpha value is -2.07. The van der Waals surface area contributed by atoms with E-state index in [1.54, 1.807) is 12.1 Å². The molecule has 3 aromatic carbocycles. The van der Waals surface area contributed by atoms with Gasteiger partial charge in [-0.05, 0) is 35.4 Å². The molecule has 0 aliphatic carbocycles. The van der Waals surface area contributed by atoms with E-state index in [-0.39, 0.29) is 14.9 Å². The van der Waals surface area contributed by atoms with Crippen molar-refractivity contribution in [2.45, 2.75) is 11.0 Å². The number of halogens is 4. The van der Waals surface area contributed by atoms with Crippen molar-refractivity contribution in [2.75, 3.05) is 39.3 Å². The number of rotatable bonds is 8. The first-order chi connectivity index (χ1) is 16.8. The first-order valence-corrected chi connectivity index (χ1v) is 13.2. The van der Waals surface area contributed by atoms with Crippen LogP contribution in [0.1, 0.15) is 17.2 Å². The van der Waals surface area contributed by atoms with Crippen molar-refractivity contribution in [1.82, 2.24) is 9.21 Å². The average molecular weight is 541 g/mol. The van der Waals surface area contributed by atoms with Crippen molar-refractivity contribution in [3.63, 3.8) is 0 Å². The van der Waals surface area contributed by atoms with Crippen LogP contribution in [0, 0.1) is 11.6 Å². The summed E-state index contributed by atoms with van der Waals surface area (Å²) in [4.78, 5) is 2.10. The van der Waals surface area contributed by atoms with Crippen LogP contribution in [0.5, 0.6) is 0 Å². The van der Waals surface area contributed by atoms with Crippen LogP contribution in [-0.4, -0.2) is 57.0 Å². The van der Waals surface area contributed by atoms with Crippen molar-refractivity contribution in [2.24, 2.45) is 0 Å². The number of piperazine rings is 1. The van der Waals surface area contributed by atoms with Crippen molar-refractivity contribution < 1.29 is 21.9 Å². The summed E-state index contributed by atoms with van der Waals surface area (Å²) in [7, 11) is -3.76. The first kappa shape index (κ1) is 26.0. The molecule has 4 rings (SSSR count). The van der Waals surface area contributed by atoms with Crippen LogP contribution in [0.2, 0.25) is 10.0 Å². The molecule has 0 bridgehead atoms. The SMILES string of the molecule is O=S(=O)(c1cccc(Cl)c1Cl)N1CCN(CCO[C@@H](c2ccccc2)c2ccc(F)c(F)c2)CC1. The minimum Gasteiger partial charge on any atom is -0.367 e. The van der Waals surface area contributed by atoms with E-state index in [0.29, 0.717) is 44.9 Å². The predicted octanol–water partition coefficient (Wildman–Crippen LogP) is 5.38. The Morgan fingerprint density at radius 3 is 2.26 bits per heavy atom. The quantitative estimate of drug-likeness (QED) is 0.384. The zero-order valence-electron chi connectivity index (χ0n) is 18.7. The maximum atomic E-state index is 13.9. The number of benzene rings is 3. The van der Waals surface area contributed by atoms with Gasteiger partial charge in [0.2, 0.25) is 10.0 Å². The number of hydrogen-bond acceptors (Lipinski definition) is 4. The normalized spacial score (nSPS) is 16.3. The number of ether oxygens (including phenoxy) is 1. The Labute approximate surface area is 213 Å². The van der Waals surface area contributed by atoms with E-state index < -0.39 is 27.8 Å². The Morgan fingerprint density at radius 2 is 1.57 bits per heavy atom. The Kier molecular flexibility index (Phi) is 8.42. The zero-order valence-corrected chi connectivity index (χ0v) is 21.0. The monoisotopic (exact) mass is 540 g/mol. The molecule has 1 aliphatic rings. The average Bonchev–Trinajstić information content (AvgIpc) is 2.86. The molecule has 3 aromatic rings. The van der Waals surface area contributed by atoms with Gasteiger partial charge in [-0.3, -0.25) is 4.90 Å². The summed E-state index contributed by atoms with van der Waals surface area (Å²) in [6, 6.07) is 17.6. The predicted molar refractivity (Wildman–Crippen MR) is 132 cm³/mol. The van der Waals surface area contributed by atoms with E-state index in [1.165, 1.54) is 16.4 Å². The van der Waals surface area contributed by atoms with Gasteiger partial charge in [0.25, 0.3) is 0 Å². The summed E-state index contributed by atoms with van der Waals surface area (Å²) in [5, 5.41) is 0.215. The van der Waals surface area contributed by atoms with E-state index >= 15 is 0 Å². The Bertz CT molecular complexity index is 1270. The molecular formula is C25H24Cl2F2N2O3S. The third-order valence-corrected chi connectivity index (χ3v) is 8.78. The fourth-order valence-corrected chi connectivity index (χ4v) is 6.16. The molecule has 0 unspecified atom stereocenters. The molecule has 0 spiro atoms. The molecule has 1 fully saturated rings. The lowest BCUT2D eigenvalue weighted by atomic mass is 10.0. The van der Waals surface area contributed by atoms with Gasteiger partial charge in [0.15, 0.2) is 11.6 Å². The molecule has 0 amide bonds. The fraction of sp³-hybridized carbons (Fsp3) is 0.280. The van der Waals surface area contributed by atoms with E-state index in [9.17, 15) is 17.2 Å². The smallest absolute Gasteiger partial charge is 0.244 e. The molecule has 1 saturated heterocycles. The van der Waals surface area contributed by atoms with Gasteiger partial charge in [-0.2, -0.15) is 4.31 Å². The summed E-state index contributed by atoms with van der Waals surface area (Å²) in [5.41, 5.74) is 1.34. The van der Waals surface area contributed by atoms with Crippen molar-refractivity contribution in [1.29, 1.82) is 0 Å². The van der Waals surface area contributed by atoms with E-state index in [1.807, 2.05) is 30.3 Å². The molecule has 186 valence electrons. The second kappa shape index (κ2) is 11.3. The van der Waals surface area contributed by atoms with Crippen LogP contribution in [0.3, 0.4) is 0 Å². The molecule has 0 saturated carbocycles. The Balaban J connectivity index is 1.37. The highest BCUT2D eigenvalue weighted by atomic mass is 35.5. The van der Waals surface area contributed by atoms with Crippen LogP contribution >= 0.6 is 23.2 Å². The van der Waals surface area contributed by atoms with E-state index in [4.69, 9.17) is 27.9 Å². The van der Waals surface area contributed by atoms with Crippen LogP contribution in [0.15, 0.2) is 71.6 Å². The van der Waals surface area contributed by atoms with Crippen molar-refractivity contribution in [3.05, 3.63) is 99.5 Å². The molecular weight excluding hydrogens is 517 g/mol. The number of nitrogens with zero attached hydrogens (tertiary/aromatic N) is 2. The third kappa shape index (κ3) is 6.02.